The second kappa shape index (κ2) is 7.77. The minimum Gasteiger partial charge on any atom is -0.312 e. The Kier molecular flexibility index (Phi) is 6.96. The van der Waals surface area contributed by atoms with Crippen LogP contribution >= 0.6 is 0 Å². The van der Waals surface area contributed by atoms with Crippen molar-refractivity contribution in [2.24, 2.45) is 0 Å². The molecule has 120 valence electrons. The van der Waals surface area contributed by atoms with Crippen molar-refractivity contribution in [3.63, 3.8) is 0 Å². The largest absolute Gasteiger partial charge is 0.312 e. The van der Waals surface area contributed by atoms with Crippen LogP contribution < -0.4 is 5.32 Å². The molecule has 0 unspecified atom stereocenters. The fourth-order valence-corrected chi connectivity index (χ4v) is 3.06. The summed E-state index contributed by atoms with van der Waals surface area (Å²) in [6.45, 7) is 10.3. The van der Waals surface area contributed by atoms with Crippen molar-refractivity contribution >= 4 is 0 Å². The average molecular weight is 284 g/mol. The summed E-state index contributed by atoms with van der Waals surface area (Å²) in [4.78, 5) is 4.98. The van der Waals surface area contributed by atoms with E-state index in [0.717, 1.165) is 6.54 Å². The van der Waals surface area contributed by atoms with Gasteiger partial charge in [-0.1, -0.05) is 6.42 Å². The van der Waals surface area contributed by atoms with Gasteiger partial charge >= 0.3 is 0 Å². The van der Waals surface area contributed by atoms with E-state index >= 15 is 0 Å². The molecule has 1 aliphatic carbocycles. The van der Waals surface area contributed by atoms with E-state index in [2.05, 4.69) is 57.0 Å². The molecule has 0 amide bonds. The number of likely N-dealkylation sites (N-methyl/N-ethyl adjacent to an activating group) is 2. The lowest BCUT2D eigenvalue weighted by Gasteiger charge is -2.49. The van der Waals surface area contributed by atoms with Gasteiger partial charge in [-0.05, 0) is 87.1 Å². The Morgan fingerprint density at radius 1 is 1.00 bits per heavy atom. The van der Waals surface area contributed by atoms with Gasteiger partial charge in [0.25, 0.3) is 0 Å². The van der Waals surface area contributed by atoms with Crippen LogP contribution in [-0.4, -0.2) is 61.7 Å². The van der Waals surface area contributed by atoms with Crippen molar-refractivity contribution in [1.29, 1.82) is 0 Å². The number of unbranched alkanes of at least 4 members (excludes halogenated alkanes) is 2. The van der Waals surface area contributed by atoms with Crippen molar-refractivity contribution in [3.8, 4) is 0 Å². The molecule has 0 heterocycles. The van der Waals surface area contributed by atoms with Crippen LogP contribution in [-0.2, 0) is 0 Å². The normalized spacial score (nSPS) is 18.6. The van der Waals surface area contributed by atoms with Gasteiger partial charge in [0.1, 0.15) is 0 Å². The summed E-state index contributed by atoms with van der Waals surface area (Å²) in [5.41, 5.74) is 0.738. The number of nitrogens with one attached hydrogen (secondary N) is 1. The minimum atomic E-state index is 0.263. The van der Waals surface area contributed by atoms with Gasteiger partial charge in [-0.3, -0.25) is 0 Å². The smallest absolute Gasteiger partial charge is 0.0330 e. The lowest BCUT2D eigenvalue weighted by atomic mass is 9.75. The van der Waals surface area contributed by atoms with Gasteiger partial charge in [-0.2, -0.15) is 0 Å². The Labute approximate surface area is 127 Å². The van der Waals surface area contributed by atoms with Gasteiger partial charge < -0.3 is 15.1 Å². The summed E-state index contributed by atoms with van der Waals surface area (Å²) >= 11 is 0. The van der Waals surface area contributed by atoms with Crippen LogP contribution in [0.4, 0.5) is 0 Å². The zero-order chi connectivity index (χ0) is 15.2. The maximum absolute atomic E-state index is 3.56. The summed E-state index contributed by atoms with van der Waals surface area (Å²) in [6.07, 6.45) is 8.11. The summed E-state index contributed by atoms with van der Waals surface area (Å²) < 4.78 is 0. The highest BCUT2D eigenvalue weighted by Gasteiger charge is 2.39. The van der Waals surface area contributed by atoms with E-state index in [4.69, 9.17) is 0 Å². The Morgan fingerprint density at radius 3 is 2.10 bits per heavy atom. The van der Waals surface area contributed by atoms with Gasteiger partial charge in [-0.15, -0.1) is 0 Å². The quantitative estimate of drug-likeness (QED) is 0.656. The predicted molar refractivity (Wildman–Crippen MR) is 89.4 cm³/mol. The third kappa shape index (κ3) is 6.11. The molecule has 0 atom stereocenters. The highest BCUT2D eigenvalue weighted by Crippen LogP contribution is 2.36. The van der Waals surface area contributed by atoms with Gasteiger partial charge in [-0.25, -0.2) is 0 Å². The van der Waals surface area contributed by atoms with Crippen LogP contribution in [0, 0.1) is 0 Å². The van der Waals surface area contributed by atoms with Crippen molar-refractivity contribution in [2.75, 3.05) is 40.8 Å². The molecule has 3 nitrogen and oxygen atoms in total. The summed E-state index contributed by atoms with van der Waals surface area (Å²) in [7, 11) is 6.77. The van der Waals surface area contributed by atoms with E-state index in [1.54, 1.807) is 0 Å². The van der Waals surface area contributed by atoms with Crippen molar-refractivity contribution in [2.45, 2.75) is 70.4 Å². The van der Waals surface area contributed by atoms with E-state index in [1.165, 1.54) is 51.6 Å². The zero-order valence-corrected chi connectivity index (χ0v) is 14.8. The maximum Gasteiger partial charge on any atom is 0.0330 e. The van der Waals surface area contributed by atoms with Crippen LogP contribution in [0.3, 0.4) is 0 Å². The first-order chi connectivity index (χ1) is 9.25. The molecule has 0 aromatic heterocycles. The van der Waals surface area contributed by atoms with Crippen LogP contribution in [0.2, 0.25) is 0 Å². The standard InChI is InChI=1S/C17H37N3/c1-16(2,3)18-13-8-7-9-14-20(6)15-17(19(4)5)11-10-12-17/h18H,7-15H2,1-6H3. The fraction of sp³-hybridized carbons (Fsp3) is 1.00. The summed E-state index contributed by atoms with van der Waals surface area (Å²) in [6, 6.07) is 0. The third-order valence-corrected chi connectivity index (χ3v) is 4.67. The monoisotopic (exact) mass is 283 g/mol. The summed E-state index contributed by atoms with van der Waals surface area (Å²) in [5.74, 6) is 0. The van der Waals surface area contributed by atoms with Crippen LogP contribution in [0.5, 0.6) is 0 Å². The third-order valence-electron chi connectivity index (χ3n) is 4.67. The second-order valence-electron chi connectivity index (χ2n) is 7.95. The van der Waals surface area contributed by atoms with Crippen molar-refractivity contribution in [3.05, 3.63) is 0 Å². The van der Waals surface area contributed by atoms with Gasteiger partial charge in [0, 0.05) is 17.6 Å². The van der Waals surface area contributed by atoms with Crippen LogP contribution in [0.1, 0.15) is 59.3 Å². The molecule has 1 N–H and O–H groups in total. The van der Waals surface area contributed by atoms with Crippen molar-refractivity contribution in [1.82, 2.24) is 15.1 Å². The molecular formula is C17H37N3. The molecule has 0 saturated heterocycles. The van der Waals surface area contributed by atoms with E-state index in [9.17, 15) is 0 Å². The molecule has 1 fully saturated rings. The van der Waals surface area contributed by atoms with Gasteiger partial charge in [0.2, 0.25) is 0 Å². The number of hydrogen-bond donors (Lipinski definition) is 1. The molecule has 20 heavy (non-hydrogen) atoms. The van der Waals surface area contributed by atoms with Gasteiger partial charge in [0.15, 0.2) is 0 Å². The number of nitrogens with zero attached hydrogens (tertiary/aromatic N) is 2. The molecule has 1 saturated carbocycles. The Morgan fingerprint density at radius 2 is 1.65 bits per heavy atom. The molecule has 0 spiro atoms. The van der Waals surface area contributed by atoms with E-state index in [1.807, 2.05) is 0 Å². The molecule has 0 aliphatic heterocycles. The molecule has 1 aliphatic rings. The van der Waals surface area contributed by atoms with E-state index < -0.39 is 0 Å². The highest BCUT2D eigenvalue weighted by molar-refractivity contribution is 4.97. The van der Waals surface area contributed by atoms with Crippen molar-refractivity contribution < 1.29 is 0 Å². The molecule has 3 heteroatoms. The first kappa shape index (κ1) is 17.9. The summed E-state index contributed by atoms with van der Waals surface area (Å²) in [5, 5.41) is 3.56. The highest BCUT2D eigenvalue weighted by atomic mass is 15.2. The van der Waals surface area contributed by atoms with Crippen LogP contribution in [0.25, 0.3) is 0 Å². The lowest BCUT2D eigenvalue weighted by Crippen LogP contribution is -2.56. The first-order valence-corrected chi connectivity index (χ1v) is 8.36. The van der Waals surface area contributed by atoms with E-state index in [0.29, 0.717) is 5.54 Å². The Balaban J connectivity index is 2.07. The first-order valence-electron chi connectivity index (χ1n) is 8.36. The SMILES string of the molecule is CN(CCCCCNC(C)(C)C)CC1(N(C)C)CCC1. The molecule has 0 aromatic rings. The zero-order valence-electron chi connectivity index (χ0n) is 14.8. The Bertz CT molecular complexity index is 264. The minimum absolute atomic E-state index is 0.263. The van der Waals surface area contributed by atoms with Crippen LogP contribution in [0.15, 0.2) is 0 Å². The molecule has 1 rings (SSSR count). The molecule has 0 radical (unpaired) electrons. The molecular weight excluding hydrogens is 246 g/mol. The lowest BCUT2D eigenvalue weighted by molar-refractivity contribution is 0.0275. The predicted octanol–water partition coefficient (Wildman–Crippen LogP) is 2.96. The van der Waals surface area contributed by atoms with Gasteiger partial charge in [0.05, 0.1) is 0 Å². The number of rotatable bonds is 9. The fourth-order valence-electron chi connectivity index (χ4n) is 3.06. The number of hydrogen-bond acceptors (Lipinski definition) is 3. The molecule has 0 bridgehead atoms. The average Bonchev–Trinajstić information content (AvgIpc) is 2.26. The van der Waals surface area contributed by atoms with E-state index in [-0.39, 0.29) is 5.54 Å². The second-order valence-corrected chi connectivity index (χ2v) is 7.95. The topological polar surface area (TPSA) is 18.5 Å². The Hall–Kier alpha value is -0.120. The maximum atomic E-state index is 3.56. The molecule has 0 aromatic carbocycles.